The molecular formula is C10H5ClN4O2. The molecule has 0 radical (unpaired) electrons. The molecule has 0 aliphatic heterocycles. The summed E-state index contributed by atoms with van der Waals surface area (Å²) < 4.78 is 0. The number of aromatic amines is 1. The fourth-order valence-electron chi connectivity index (χ4n) is 1.77. The van der Waals surface area contributed by atoms with Crippen LogP contribution in [0.3, 0.4) is 0 Å². The molecule has 7 heteroatoms. The fourth-order valence-corrected chi connectivity index (χ4v) is 1.95. The fraction of sp³-hybridized carbons (Fsp3) is 0. The van der Waals surface area contributed by atoms with Gasteiger partial charge in [-0.1, -0.05) is 11.6 Å². The minimum Gasteiger partial charge on any atom is -0.350 e. The van der Waals surface area contributed by atoms with Crippen molar-refractivity contribution in [3.63, 3.8) is 0 Å². The molecule has 3 aromatic rings. The number of nitro groups is 1. The largest absolute Gasteiger partial charge is 0.350 e. The van der Waals surface area contributed by atoms with Gasteiger partial charge in [-0.05, 0) is 6.07 Å². The molecule has 0 atom stereocenters. The lowest BCUT2D eigenvalue weighted by atomic mass is 10.2. The third-order valence-corrected chi connectivity index (χ3v) is 2.82. The van der Waals surface area contributed by atoms with Crippen molar-refractivity contribution in [2.75, 3.05) is 0 Å². The summed E-state index contributed by atoms with van der Waals surface area (Å²) in [4.78, 5) is 21.2. The van der Waals surface area contributed by atoms with E-state index in [1.807, 2.05) is 0 Å². The molecule has 3 rings (SSSR count). The normalized spacial score (nSPS) is 11.1. The maximum absolute atomic E-state index is 10.7. The van der Waals surface area contributed by atoms with Crippen molar-refractivity contribution in [3.8, 4) is 0 Å². The second kappa shape index (κ2) is 3.39. The van der Waals surface area contributed by atoms with E-state index in [1.165, 1.54) is 18.5 Å². The first-order valence-electron chi connectivity index (χ1n) is 4.73. The van der Waals surface area contributed by atoms with Gasteiger partial charge >= 0.3 is 0 Å². The predicted molar refractivity (Wildman–Crippen MR) is 63.1 cm³/mol. The minimum absolute atomic E-state index is 0.0214. The molecule has 1 aromatic carbocycles. The van der Waals surface area contributed by atoms with Crippen LogP contribution in [0.15, 0.2) is 24.5 Å². The van der Waals surface area contributed by atoms with Crippen LogP contribution in [0.4, 0.5) is 5.69 Å². The van der Waals surface area contributed by atoms with Crippen molar-refractivity contribution >= 4 is 39.2 Å². The monoisotopic (exact) mass is 248 g/mol. The lowest BCUT2D eigenvalue weighted by Gasteiger charge is -1.91. The Bertz CT molecular complexity index is 752. The number of H-pyrrole nitrogens is 1. The van der Waals surface area contributed by atoms with E-state index >= 15 is 0 Å². The van der Waals surface area contributed by atoms with Crippen LogP contribution in [0.1, 0.15) is 0 Å². The lowest BCUT2D eigenvalue weighted by molar-refractivity contribution is -0.384. The van der Waals surface area contributed by atoms with Gasteiger partial charge in [0.25, 0.3) is 5.69 Å². The number of benzene rings is 1. The van der Waals surface area contributed by atoms with Crippen LogP contribution >= 0.6 is 11.6 Å². The molecule has 2 heterocycles. The Morgan fingerprint density at radius 1 is 1.35 bits per heavy atom. The van der Waals surface area contributed by atoms with Crippen LogP contribution in [-0.2, 0) is 0 Å². The predicted octanol–water partition coefficient (Wildman–Crippen LogP) is 2.67. The van der Waals surface area contributed by atoms with Gasteiger partial charge in [0, 0.05) is 17.5 Å². The second-order valence-corrected chi connectivity index (χ2v) is 3.86. The van der Waals surface area contributed by atoms with E-state index in [0.717, 1.165) is 5.39 Å². The molecule has 0 unspecified atom stereocenters. The van der Waals surface area contributed by atoms with Crippen molar-refractivity contribution in [3.05, 3.63) is 39.8 Å². The van der Waals surface area contributed by atoms with E-state index in [2.05, 4.69) is 15.0 Å². The number of fused-ring (bicyclic) bond motifs is 3. The van der Waals surface area contributed by atoms with Gasteiger partial charge in [0.1, 0.15) is 17.4 Å². The topological polar surface area (TPSA) is 84.7 Å². The number of halogens is 1. The van der Waals surface area contributed by atoms with Crippen LogP contribution in [0.25, 0.3) is 21.9 Å². The smallest absolute Gasteiger partial charge is 0.271 e. The third kappa shape index (κ3) is 1.42. The number of aromatic nitrogens is 3. The molecule has 84 valence electrons. The summed E-state index contributed by atoms with van der Waals surface area (Å²) in [6.07, 6.45) is 1.36. The number of nitrogens with zero attached hydrogens (tertiary/aromatic N) is 3. The SMILES string of the molecule is O=[N+]([O-])c1ccc2c(c1)[nH]c1c(Cl)ncnc12. The Kier molecular flexibility index (Phi) is 1.99. The van der Waals surface area contributed by atoms with E-state index in [0.29, 0.717) is 21.7 Å². The summed E-state index contributed by atoms with van der Waals surface area (Å²) in [5, 5.41) is 11.8. The zero-order valence-corrected chi connectivity index (χ0v) is 9.10. The maximum atomic E-state index is 10.7. The van der Waals surface area contributed by atoms with E-state index < -0.39 is 4.92 Å². The number of non-ortho nitro benzene ring substituents is 1. The molecule has 0 amide bonds. The van der Waals surface area contributed by atoms with Crippen molar-refractivity contribution in [2.24, 2.45) is 0 Å². The van der Waals surface area contributed by atoms with Crippen molar-refractivity contribution in [2.45, 2.75) is 0 Å². The van der Waals surface area contributed by atoms with E-state index in [-0.39, 0.29) is 5.69 Å². The molecule has 1 N–H and O–H groups in total. The van der Waals surface area contributed by atoms with Gasteiger partial charge in [0.05, 0.1) is 10.4 Å². The average molecular weight is 249 g/mol. The molecule has 0 aliphatic rings. The highest BCUT2D eigenvalue weighted by Gasteiger charge is 2.12. The highest BCUT2D eigenvalue weighted by Crippen LogP contribution is 2.29. The zero-order chi connectivity index (χ0) is 12.0. The molecule has 0 bridgehead atoms. The van der Waals surface area contributed by atoms with Crippen molar-refractivity contribution in [1.29, 1.82) is 0 Å². The molecule has 17 heavy (non-hydrogen) atoms. The van der Waals surface area contributed by atoms with Gasteiger partial charge < -0.3 is 4.98 Å². The first-order valence-corrected chi connectivity index (χ1v) is 5.11. The van der Waals surface area contributed by atoms with Crippen LogP contribution < -0.4 is 0 Å². The number of hydrogen-bond acceptors (Lipinski definition) is 4. The van der Waals surface area contributed by atoms with Crippen molar-refractivity contribution < 1.29 is 4.92 Å². The Morgan fingerprint density at radius 3 is 2.94 bits per heavy atom. The van der Waals surface area contributed by atoms with Crippen LogP contribution in [0, 0.1) is 10.1 Å². The van der Waals surface area contributed by atoms with Gasteiger partial charge in [-0.2, -0.15) is 0 Å². The van der Waals surface area contributed by atoms with Crippen molar-refractivity contribution in [1.82, 2.24) is 15.0 Å². The zero-order valence-electron chi connectivity index (χ0n) is 8.35. The molecule has 0 aliphatic carbocycles. The van der Waals surface area contributed by atoms with E-state index in [4.69, 9.17) is 11.6 Å². The summed E-state index contributed by atoms with van der Waals surface area (Å²) >= 11 is 5.91. The summed E-state index contributed by atoms with van der Waals surface area (Å²) in [6.45, 7) is 0. The minimum atomic E-state index is -0.446. The Morgan fingerprint density at radius 2 is 2.18 bits per heavy atom. The second-order valence-electron chi connectivity index (χ2n) is 3.50. The number of nitrogens with one attached hydrogen (secondary N) is 1. The molecule has 6 nitrogen and oxygen atoms in total. The quantitative estimate of drug-likeness (QED) is 0.408. The van der Waals surface area contributed by atoms with Crippen LogP contribution in [0.5, 0.6) is 0 Å². The Labute approximate surface area is 99.4 Å². The lowest BCUT2D eigenvalue weighted by Crippen LogP contribution is -1.86. The van der Waals surface area contributed by atoms with Crippen LogP contribution in [-0.4, -0.2) is 19.9 Å². The number of rotatable bonds is 1. The van der Waals surface area contributed by atoms with Gasteiger partial charge in [-0.3, -0.25) is 10.1 Å². The summed E-state index contributed by atoms with van der Waals surface area (Å²) in [5.74, 6) is 0. The third-order valence-electron chi connectivity index (χ3n) is 2.53. The van der Waals surface area contributed by atoms with Gasteiger partial charge in [0.2, 0.25) is 0 Å². The van der Waals surface area contributed by atoms with E-state index in [9.17, 15) is 10.1 Å². The highest BCUT2D eigenvalue weighted by atomic mass is 35.5. The molecule has 0 fully saturated rings. The molecule has 0 spiro atoms. The summed E-state index contributed by atoms with van der Waals surface area (Å²) in [6, 6.07) is 4.54. The Hall–Kier alpha value is -2.21. The summed E-state index contributed by atoms with van der Waals surface area (Å²) in [5.41, 5.74) is 1.89. The summed E-state index contributed by atoms with van der Waals surface area (Å²) in [7, 11) is 0. The van der Waals surface area contributed by atoms with Gasteiger partial charge in [-0.25, -0.2) is 9.97 Å². The first-order chi connectivity index (χ1) is 8.16. The average Bonchev–Trinajstić information content (AvgIpc) is 2.68. The highest BCUT2D eigenvalue weighted by molar-refractivity contribution is 6.34. The van der Waals surface area contributed by atoms with Gasteiger partial charge in [-0.15, -0.1) is 0 Å². The van der Waals surface area contributed by atoms with E-state index in [1.54, 1.807) is 6.07 Å². The molecule has 0 saturated heterocycles. The molecule has 2 aromatic heterocycles. The Balaban J connectivity index is 2.43. The standard InChI is InChI=1S/C10H5ClN4O2/c11-10-9-8(12-4-13-10)6-2-1-5(15(16)17)3-7(6)14-9/h1-4,14H. The molecular weight excluding hydrogens is 244 g/mol. The maximum Gasteiger partial charge on any atom is 0.271 e. The number of nitro benzene ring substituents is 1. The van der Waals surface area contributed by atoms with Gasteiger partial charge in [0.15, 0.2) is 5.15 Å². The molecule has 0 saturated carbocycles. The first kappa shape index (κ1) is 9.98. The van der Waals surface area contributed by atoms with Crippen LogP contribution in [0.2, 0.25) is 5.15 Å². The number of hydrogen-bond donors (Lipinski definition) is 1.